The van der Waals surface area contributed by atoms with Crippen LogP contribution in [-0.2, 0) is 0 Å². The lowest BCUT2D eigenvalue weighted by molar-refractivity contribution is 0.666. The first-order valence-electron chi connectivity index (χ1n) is 3.43. The molecule has 0 saturated heterocycles. The molecule has 0 unspecified atom stereocenters. The van der Waals surface area contributed by atoms with Crippen LogP contribution in [0.2, 0.25) is 0 Å². The van der Waals surface area contributed by atoms with E-state index in [9.17, 15) is 4.39 Å². The SMILES string of the molecule is CNC1=C=C(C)C=C(F)C=C1. The van der Waals surface area contributed by atoms with Gasteiger partial charge in [-0.1, -0.05) is 5.73 Å². The number of hydrogen-bond donors (Lipinski definition) is 1. The summed E-state index contributed by atoms with van der Waals surface area (Å²) >= 11 is 0. The second kappa shape index (κ2) is 3.22. The molecule has 0 saturated carbocycles. The molecule has 58 valence electrons. The molecule has 0 atom stereocenters. The number of halogens is 1. The molecule has 1 rings (SSSR count). The largest absolute Gasteiger partial charge is 0.382 e. The Balaban J connectivity index is 3.05. The van der Waals surface area contributed by atoms with Crippen LogP contribution in [0, 0.1) is 0 Å². The van der Waals surface area contributed by atoms with E-state index >= 15 is 0 Å². The van der Waals surface area contributed by atoms with Crippen LogP contribution >= 0.6 is 0 Å². The lowest BCUT2D eigenvalue weighted by Crippen LogP contribution is -2.01. The summed E-state index contributed by atoms with van der Waals surface area (Å²) in [5.74, 6) is -0.236. The van der Waals surface area contributed by atoms with Gasteiger partial charge in [-0.05, 0) is 30.7 Å². The standard InChI is InChI=1S/C9H10FN/c1-7-5-8(10)3-4-9(6-7)11-2/h3-5,11H,1-2H3. The molecule has 0 aromatic carbocycles. The monoisotopic (exact) mass is 151 g/mol. The maximum atomic E-state index is 12.7. The minimum atomic E-state index is -0.236. The molecular weight excluding hydrogens is 141 g/mol. The zero-order chi connectivity index (χ0) is 8.27. The Labute approximate surface area is 65.6 Å². The van der Waals surface area contributed by atoms with Crippen molar-refractivity contribution in [1.82, 2.24) is 5.32 Å². The summed E-state index contributed by atoms with van der Waals surface area (Å²) in [6.45, 7) is 1.81. The minimum Gasteiger partial charge on any atom is -0.382 e. The average molecular weight is 151 g/mol. The van der Waals surface area contributed by atoms with E-state index in [1.807, 2.05) is 6.92 Å². The predicted molar refractivity (Wildman–Crippen MR) is 43.6 cm³/mol. The third-order valence-corrected chi connectivity index (χ3v) is 1.36. The van der Waals surface area contributed by atoms with E-state index in [0.717, 1.165) is 11.3 Å². The second-order valence-corrected chi connectivity index (χ2v) is 2.33. The molecule has 0 heterocycles. The van der Waals surface area contributed by atoms with Gasteiger partial charge in [0.2, 0.25) is 0 Å². The number of hydrogen-bond acceptors (Lipinski definition) is 1. The van der Waals surface area contributed by atoms with Gasteiger partial charge in [0.1, 0.15) is 5.83 Å². The van der Waals surface area contributed by atoms with Crippen molar-refractivity contribution in [2.45, 2.75) is 6.92 Å². The fourth-order valence-corrected chi connectivity index (χ4v) is 0.854. The van der Waals surface area contributed by atoms with Gasteiger partial charge in [-0.15, -0.1) is 0 Å². The highest BCUT2D eigenvalue weighted by molar-refractivity contribution is 5.34. The molecule has 1 aliphatic rings. The van der Waals surface area contributed by atoms with E-state index in [1.54, 1.807) is 13.1 Å². The Kier molecular flexibility index (Phi) is 2.29. The van der Waals surface area contributed by atoms with Gasteiger partial charge in [0.25, 0.3) is 0 Å². The van der Waals surface area contributed by atoms with E-state index in [0.29, 0.717) is 0 Å². The third kappa shape index (κ3) is 2.10. The van der Waals surface area contributed by atoms with Crippen molar-refractivity contribution in [1.29, 1.82) is 0 Å². The van der Waals surface area contributed by atoms with Gasteiger partial charge in [0.05, 0.1) is 5.70 Å². The van der Waals surface area contributed by atoms with E-state index in [2.05, 4.69) is 11.0 Å². The Morgan fingerprint density at radius 1 is 1.45 bits per heavy atom. The lowest BCUT2D eigenvalue weighted by atomic mass is 10.3. The van der Waals surface area contributed by atoms with Crippen molar-refractivity contribution < 1.29 is 4.39 Å². The van der Waals surface area contributed by atoms with Gasteiger partial charge in [-0.2, -0.15) is 0 Å². The van der Waals surface area contributed by atoms with Gasteiger partial charge in [-0.25, -0.2) is 4.39 Å². The molecule has 0 aromatic rings. The first-order valence-corrected chi connectivity index (χ1v) is 3.43. The molecule has 1 aliphatic carbocycles. The van der Waals surface area contributed by atoms with Crippen molar-refractivity contribution in [3.63, 3.8) is 0 Å². The summed E-state index contributed by atoms with van der Waals surface area (Å²) in [4.78, 5) is 0. The summed E-state index contributed by atoms with van der Waals surface area (Å²) in [6, 6.07) is 0. The molecule has 0 aromatic heterocycles. The van der Waals surface area contributed by atoms with Crippen LogP contribution in [0.1, 0.15) is 6.92 Å². The highest BCUT2D eigenvalue weighted by Crippen LogP contribution is 2.09. The van der Waals surface area contributed by atoms with Gasteiger partial charge in [0.15, 0.2) is 0 Å². The topological polar surface area (TPSA) is 12.0 Å². The Bertz CT molecular complexity index is 278. The molecule has 0 spiro atoms. The van der Waals surface area contributed by atoms with E-state index < -0.39 is 0 Å². The fourth-order valence-electron chi connectivity index (χ4n) is 0.854. The first-order chi connectivity index (χ1) is 5.22. The Morgan fingerprint density at radius 2 is 2.18 bits per heavy atom. The van der Waals surface area contributed by atoms with E-state index in [-0.39, 0.29) is 5.83 Å². The predicted octanol–water partition coefficient (Wildman–Crippen LogP) is 2.06. The Morgan fingerprint density at radius 3 is 2.82 bits per heavy atom. The molecule has 0 amide bonds. The van der Waals surface area contributed by atoms with Gasteiger partial charge in [-0.3, -0.25) is 0 Å². The van der Waals surface area contributed by atoms with Crippen LogP contribution in [0.15, 0.2) is 41.1 Å². The van der Waals surface area contributed by atoms with Crippen LogP contribution in [0.3, 0.4) is 0 Å². The van der Waals surface area contributed by atoms with E-state index in [4.69, 9.17) is 0 Å². The van der Waals surface area contributed by atoms with Gasteiger partial charge < -0.3 is 5.32 Å². The normalized spacial score (nSPS) is 16.5. The zero-order valence-corrected chi connectivity index (χ0v) is 6.61. The van der Waals surface area contributed by atoms with Gasteiger partial charge in [0, 0.05) is 7.05 Å². The van der Waals surface area contributed by atoms with Crippen LogP contribution < -0.4 is 5.32 Å². The van der Waals surface area contributed by atoms with Crippen molar-refractivity contribution in [2.75, 3.05) is 7.05 Å². The minimum absolute atomic E-state index is 0.236. The molecule has 2 heteroatoms. The smallest absolute Gasteiger partial charge is 0.124 e. The van der Waals surface area contributed by atoms with Crippen LogP contribution in [0.5, 0.6) is 0 Å². The molecule has 0 fully saturated rings. The van der Waals surface area contributed by atoms with Crippen LogP contribution in [0.4, 0.5) is 4.39 Å². The second-order valence-electron chi connectivity index (χ2n) is 2.33. The molecule has 0 bridgehead atoms. The summed E-state index contributed by atoms with van der Waals surface area (Å²) in [5.41, 5.74) is 4.56. The molecule has 0 radical (unpaired) electrons. The van der Waals surface area contributed by atoms with Gasteiger partial charge >= 0.3 is 0 Å². The molecular formula is C9H10FN. The molecule has 11 heavy (non-hydrogen) atoms. The zero-order valence-electron chi connectivity index (χ0n) is 6.61. The van der Waals surface area contributed by atoms with Crippen molar-refractivity contribution in [2.24, 2.45) is 0 Å². The molecule has 1 nitrogen and oxygen atoms in total. The fraction of sp³-hybridized carbons (Fsp3) is 0.222. The Hall–Kier alpha value is -1.27. The number of likely N-dealkylation sites (N-methyl/N-ethyl adjacent to an activating group) is 1. The van der Waals surface area contributed by atoms with Crippen molar-refractivity contribution in [3.8, 4) is 0 Å². The highest BCUT2D eigenvalue weighted by Gasteiger charge is 1.94. The van der Waals surface area contributed by atoms with Crippen molar-refractivity contribution in [3.05, 3.63) is 41.1 Å². The summed E-state index contributed by atoms with van der Waals surface area (Å²) < 4.78 is 12.7. The summed E-state index contributed by atoms with van der Waals surface area (Å²) in [6.07, 6.45) is 4.51. The summed E-state index contributed by atoms with van der Waals surface area (Å²) in [7, 11) is 1.78. The maximum absolute atomic E-state index is 12.7. The number of nitrogens with one attached hydrogen (secondary N) is 1. The van der Waals surface area contributed by atoms with E-state index in [1.165, 1.54) is 12.2 Å². The van der Waals surface area contributed by atoms with Crippen LogP contribution in [0.25, 0.3) is 0 Å². The molecule has 0 aliphatic heterocycles. The number of allylic oxidation sites excluding steroid dienone is 4. The quantitative estimate of drug-likeness (QED) is 0.565. The van der Waals surface area contributed by atoms with Crippen LogP contribution in [-0.4, -0.2) is 7.05 Å². The first kappa shape index (κ1) is 7.83. The third-order valence-electron chi connectivity index (χ3n) is 1.36. The highest BCUT2D eigenvalue weighted by atomic mass is 19.1. The average Bonchev–Trinajstić information content (AvgIpc) is 2.11. The maximum Gasteiger partial charge on any atom is 0.124 e. The lowest BCUT2D eigenvalue weighted by Gasteiger charge is -1.92. The van der Waals surface area contributed by atoms with Crippen molar-refractivity contribution >= 4 is 0 Å². The summed E-state index contributed by atoms with van der Waals surface area (Å²) in [5, 5.41) is 2.89. The number of rotatable bonds is 1. The molecule has 1 N–H and O–H groups in total.